The summed E-state index contributed by atoms with van der Waals surface area (Å²) in [6.45, 7) is 7.49. The fourth-order valence-electron chi connectivity index (χ4n) is 3.07. The smallest absolute Gasteiger partial charge is 0.240 e. The maximum Gasteiger partial charge on any atom is 0.240 e. The van der Waals surface area contributed by atoms with E-state index in [4.69, 9.17) is 4.74 Å². The van der Waals surface area contributed by atoms with Gasteiger partial charge < -0.3 is 9.64 Å². The fourth-order valence-corrected chi connectivity index (χ4v) is 4.09. The molecule has 1 fully saturated rings. The van der Waals surface area contributed by atoms with E-state index in [0.717, 1.165) is 36.5 Å². The quantitative estimate of drug-likeness (QED) is 0.788. The number of nitrogens with zero attached hydrogens (tertiary/aromatic N) is 2. The lowest BCUT2D eigenvalue weighted by Gasteiger charge is -2.28. The highest BCUT2D eigenvalue weighted by atomic mass is 32.2. The van der Waals surface area contributed by atoms with Gasteiger partial charge in [-0.1, -0.05) is 26.0 Å². The van der Waals surface area contributed by atoms with E-state index in [1.165, 1.54) is 0 Å². The van der Waals surface area contributed by atoms with E-state index in [1.54, 1.807) is 18.3 Å². The van der Waals surface area contributed by atoms with Crippen LogP contribution in [0.15, 0.2) is 47.5 Å². The zero-order valence-corrected chi connectivity index (χ0v) is 16.7. The Morgan fingerprint density at radius 3 is 2.48 bits per heavy atom. The van der Waals surface area contributed by atoms with Crippen LogP contribution in [0.1, 0.15) is 25.0 Å². The van der Waals surface area contributed by atoms with Gasteiger partial charge in [0.05, 0.1) is 18.1 Å². The molecule has 1 aliphatic heterocycles. The average Bonchev–Trinajstić information content (AvgIpc) is 2.67. The molecule has 146 valence electrons. The van der Waals surface area contributed by atoms with Gasteiger partial charge in [-0.05, 0) is 47.7 Å². The van der Waals surface area contributed by atoms with Crippen molar-refractivity contribution in [2.45, 2.75) is 31.7 Å². The lowest BCUT2D eigenvalue weighted by Crippen LogP contribution is -2.36. The van der Waals surface area contributed by atoms with Gasteiger partial charge in [0.15, 0.2) is 0 Å². The minimum Gasteiger partial charge on any atom is -0.378 e. The normalized spacial score (nSPS) is 15.3. The van der Waals surface area contributed by atoms with Crippen LogP contribution < -0.4 is 9.62 Å². The van der Waals surface area contributed by atoms with Crippen LogP contribution in [0.4, 0.5) is 5.82 Å². The van der Waals surface area contributed by atoms with Crippen LogP contribution >= 0.6 is 0 Å². The van der Waals surface area contributed by atoms with E-state index in [0.29, 0.717) is 19.1 Å². The van der Waals surface area contributed by atoms with E-state index in [2.05, 4.69) is 28.5 Å². The zero-order valence-electron chi connectivity index (χ0n) is 15.9. The maximum absolute atomic E-state index is 12.6. The van der Waals surface area contributed by atoms with Gasteiger partial charge in [0.2, 0.25) is 10.0 Å². The highest BCUT2D eigenvalue weighted by molar-refractivity contribution is 7.89. The molecule has 0 bridgehead atoms. The molecule has 1 aromatic heterocycles. The number of pyridine rings is 1. The van der Waals surface area contributed by atoms with Gasteiger partial charge in [0.25, 0.3) is 0 Å². The Hall–Kier alpha value is -1.96. The molecule has 2 heterocycles. The van der Waals surface area contributed by atoms with Gasteiger partial charge in [-0.15, -0.1) is 0 Å². The van der Waals surface area contributed by atoms with E-state index in [-0.39, 0.29) is 11.4 Å². The standard InChI is InChI=1S/C20H27N3O3S/c1-16(2)13-17-3-5-19(6-4-17)27(24,25)22-15-18-7-8-21-20(14-18)23-9-11-26-12-10-23/h3-8,14,16,22H,9-13,15H2,1-2H3. The average molecular weight is 390 g/mol. The van der Waals surface area contributed by atoms with Crippen molar-refractivity contribution in [1.29, 1.82) is 0 Å². The Balaban J connectivity index is 1.64. The first-order valence-electron chi connectivity index (χ1n) is 9.30. The minimum atomic E-state index is -3.55. The number of benzene rings is 1. The predicted molar refractivity (Wildman–Crippen MR) is 106 cm³/mol. The van der Waals surface area contributed by atoms with Crippen molar-refractivity contribution < 1.29 is 13.2 Å². The molecule has 7 heteroatoms. The van der Waals surface area contributed by atoms with Crippen LogP contribution in [0.5, 0.6) is 0 Å². The third-order valence-corrected chi connectivity index (χ3v) is 5.91. The topological polar surface area (TPSA) is 71.5 Å². The van der Waals surface area contributed by atoms with Crippen molar-refractivity contribution in [1.82, 2.24) is 9.71 Å². The Labute approximate surface area is 161 Å². The molecule has 2 aromatic rings. The minimum absolute atomic E-state index is 0.232. The van der Waals surface area contributed by atoms with Crippen molar-refractivity contribution in [2.24, 2.45) is 5.92 Å². The molecule has 1 aromatic carbocycles. The molecular formula is C20H27N3O3S. The second-order valence-corrected chi connectivity index (χ2v) is 8.96. The van der Waals surface area contributed by atoms with Crippen LogP contribution in [-0.4, -0.2) is 39.7 Å². The summed E-state index contributed by atoms with van der Waals surface area (Å²) in [5.74, 6) is 1.39. The summed E-state index contributed by atoms with van der Waals surface area (Å²) in [6, 6.07) is 10.9. The van der Waals surface area contributed by atoms with Crippen LogP contribution in [-0.2, 0) is 27.7 Å². The van der Waals surface area contributed by atoms with Crippen molar-refractivity contribution in [3.05, 3.63) is 53.7 Å². The first-order valence-corrected chi connectivity index (χ1v) is 10.8. The van der Waals surface area contributed by atoms with Gasteiger partial charge in [-0.3, -0.25) is 0 Å². The number of ether oxygens (including phenoxy) is 1. The second kappa shape index (κ2) is 8.82. The van der Waals surface area contributed by atoms with Crippen molar-refractivity contribution in [3.63, 3.8) is 0 Å². The van der Waals surface area contributed by atoms with Crippen LogP contribution in [0.2, 0.25) is 0 Å². The number of hydrogen-bond donors (Lipinski definition) is 1. The van der Waals surface area contributed by atoms with E-state index in [9.17, 15) is 8.42 Å². The number of hydrogen-bond acceptors (Lipinski definition) is 5. The highest BCUT2D eigenvalue weighted by Crippen LogP contribution is 2.16. The summed E-state index contributed by atoms with van der Waals surface area (Å²) in [5.41, 5.74) is 2.03. The Morgan fingerprint density at radius 2 is 1.81 bits per heavy atom. The Kier molecular flexibility index (Phi) is 6.46. The predicted octanol–water partition coefficient (Wildman–Crippen LogP) is 2.60. The molecule has 0 amide bonds. The van der Waals surface area contributed by atoms with Crippen molar-refractivity contribution in [2.75, 3.05) is 31.2 Å². The zero-order chi connectivity index (χ0) is 19.3. The number of aromatic nitrogens is 1. The van der Waals surface area contributed by atoms with Crippen LogP contribution in [0.25, 0.3) is 0 Å². The summed E-state index contributed by atoms with van der Waals surface area (Å²) >= 11 is 0. The molecule has 1 N–H and O–H groups in total. The SMILES string of the molecule is CC(C)Cc1ccc(S(=O)(=O)NCc2ccnc(N3CCOCC3)c2)cc1. The van der Waals surface area contributed by atoms with Crippen LogP contribution in [0.3, 0.4) is 0 Å². The molecule has 3 rings (SSSR count). The molecule has 0 aliphatic carbocycles. The molecule has 1 aliphatic rings. The lowest BCUT2D eigenvalue weighted by molar-refractivity contribution is 0.122. The number of nitrogens with one attached hydrogen (secondary N) is 1. The second-order valence-electron chi connectivity index (χ2n) is 7.19. The monoisotopic (exact) mass is 389 g/mol. The number of rotatable bonds is 7. The molecule has 27 heavy (non-hydrogen) atoms. The summed E-state index contributed by atoms with van der Waals surface area (Å²) in [5, 5.41) is 0. The lowest BCUT2D eigenvalue weighted by atomic mass is 10.0. The van der Waals surface area contributed by atoms with Crippen LogP contribution in [0, 0.1) is 5.92 Å². The summed E-state index contributed by atoms with van der Waals surface area (Å²) in [6.07, 6.45) is 2.66. The Bertz CT molecular complexity index is 845. The summed E-state index contributed by atoms with van der Waals surface area (Å²) < 4.78 is 33.2. The molecule has 0 spiro atoms. The molecule has 0 saturated carbocycles. The number of sulfonamides is 1. The van der Waals surface area contributed by atoms with Gasteiger partial charge in [0, 0.05) is 25.8 Å². The molecule has 0 atom stereocenters. The van der Waals surface area contributed by atoms with Gasteiger partial charge in [-0.25, -0.2) is 18.1 Å². The number of anilines is 1. The van der Waals surface area contributed by atoms with Gasteiger partial charge >= 0.3 is 0 Å². The fraction of sp³-hybridized carbons (Fsp3) is 0.450. The van der Waals surface area contributed by atoms with E-state index in [1.807, 2.05) is 24.3 Å². The number of morpholine rings is 1. The summed E-state index contributed by atoms with van der Waals surface area (Å²) in [7, 11) is -3.55. The van der Waals surface area contributed by atoms with Crippen molar-refractivity contribution >= 4 is 15.8 Å². The third-order valence-electron chi connectivity index (χ3n) is 4.49. The van der Waals surface area contributed by atoms with E-state index >= 15 is 0 Å². The molecule has 0 radical (unpaired) electrons. The first-order chi connectivity index (χ1) is 12.9. The van der Waals surface area contributed by atoms with Crippen molar-refractivity contribution in [3.8, 4) is 0 Å². The maximum atomic E-state index is 12.6. The molecular weight excluding hydrogens is 362 g/mol. The first kappa shape index (κ1) is 19.8. The molecule has 1 saturated heterocycles. The van der Waals surface area contributed by atoms with E-state index < -0.39 is 10.0 Å². The molecule has 0 unspecified atom stereocenters. The Morgan fingerprint density at radius 1 is 1.11 bits per heavy atom. The van der Waals surface area contributed by atoms with Gasteiger partial charge in [-0.2, -0.15) is 0 Å². The van der Waals surface area contributed by atoms with Gasteiger partial charge in [0.1, 0.15) is 5.82 Å². The summed E-state index contributed by atoms with van der Waals surface area (Å²) in [4.78, 5) is 6.83. The highest BCUT2D eigenvalue weighted by Gasteiger charge is 2.15. The largest absolute Gasteiger partial charge is 0.378 e. The third kappa shape index (κ3) is 5.51. The molecule has 6 nitrogen and oxygen atoms in total.